The molecule has 2 aromatic carbocycles. The molecule has 3 rings (SSSR count). The number of thiophene rings is 1. The van der Waals surface area contributed by atoms with Crippen molar-refractivity contribution in [3.63, 3.8) is 0 Å². The van der Waals surface area contributed by atoms with Crippen LogP contribution in [0.4, 0.5) is 5.69 Å². The molecule has 1 aromatic heterocycles. The second kappa shape index (κ2) is 11.5. The van der Waals surface area contributed by atoms with E-state index >= 15 is 0 Å². The van der Waals surface area contributed by atoms with E-state index in [1.165, 1.54) is 35.6 Å². The number of esters is 1. The number of nitro groups is 1. The van der Waals surface area contributed by atoms with Crippen molar-refractivity contribution in [2.24, 2.45) is 0 Å². The highest BCUT2D eigenvalue weighted by molar-refractivity contribution is 7.12. The summed E-state index contributed by atoms with van der Waals surface area (Å²) in [5.74, 6) is -2.47. The molecule has 0 aliphatic carbocycles. The van der Waals surface area contributed by atoms with Gasteiger partial charge in [-0.2, -0.15) is 0 Å². The summed E-state index contributed by atoms with van der Waals surface area (Å²) >= 11 is 1.22. The average Bonchev–Trinajstić information content (AvgIpc) is 3.40. The first kappa shape index (κ1) is 24.3. The van der Waals surface area contributed by atoms with E-state index in [0.717, 1.165) is 0 Å². The van der Waals surface area contributed by atoms with E-state index in [0.29, 0.717) is 4.88 Å². The maximum Gasteiger partial charge on any atom is 0.326 e. The summed E-state index contributed by atoms with van der Waals surface area (Å²) in [5, 5.41) is 17.4. The van der Waals surface area contributed by atoms with Gasteiger partial charge >= 0.3 is 5.97 Å². The first-order valence-corrected chi connectivity index (χ1v) is 10.8. The molecular formula is C23H19N3O7S. The van der Waals surface area contributed by atoms with Crippen LogP contribution in [0.25, 0.3) is 0 Å². The lowest BCUT2D eigenvalue weighted by molar-refractivity contribution is -0.384. The molecule has 10 nitrogen and oxygen atoms in total. The molecule has 34 heavy (non-hydrogen) atoms. The molecule has 0 bridgehead atoms. The number of benzene rings is 2. The van der Waals surface area contributed by atoms with E-state index in [1.54, 1.807) is 47.8 Å². The Kier molecular flexibility index (Phi) is 8.19. The van der Waals surface area contributed by atoms with Crippen molar-refractivity contribution in [2.45, 2.75) is 6.10 Å². The fourth-order valence-electron chi connectivity index (χ4n) is 2.86. The molecule has 0 radical (unpaired) electrons. The summed E-state index contributed by atoms with van der Waals surface area (Å²) in [6, 6.07) is 16.5. The van der Waals surface area contributed by atoms with Crippen LogP contribution in [0, 0.1) is 10.1 Å². The molecular weight excluding hydrogens is 462 g/mol. The summed E-state index contributed by atoms with van der Waals surface area (Å²) in [6.45, 7) is -0.891. The SMILES string of the molecule is O=C(CNC(=O)c1cccs1)NCC(=O)OC(C(=O)c1ccccc1)c1ccc([N+](=O)[O-])cc1. The van der Waals surface area contributed by atoms with Crippen molar-refractivity contribution in [3.05, 3.63) is 98.2 Å². The molecule has 2 N–H and O–H groups in total. The van der Waals surface area contributed by atoms with Gasteiger partial charge in [0.25, 0.3) is 11.6 Å². The second-order valence-corrected chi connectivity index (χ2v) is 7.83. The zero-order valence-corrected chi connectivity index (χ0v) is 18.4. The minimum absolute atomic E-state index is 0.183. The quantitative estimate of drug-likeness (QED) is 0.196. The summed E-state index contributed by atoms with van der Waals surface area (Å²) in [6.07, 6.45) is -1.37. The number of non-ortho nitro benzene ring substituents is 1. The molecule has 0 aliphatic rings. The van der Waals surface area contributed by atoms with Crippen LogP contribution in [0.5, 0.6) is 0 Å². The van der Waals surface area contributed by atoms with Crippen molar-refractivity contribution >= 4 is 40.6 Å². The fourth-order valence-corrected chi connectivity index (χ4v) is 3.50. The molecule has 2 amide bonds. The van der Waals surface area contributed by atoms with Crippen molar-refractivity contribution < 1.29 is 28.8 Å². The molecule has 1 heterocycles. The third-order valence-electron chi connectivity index (χ3n) is 4.54. The highest BCUT2D eigenvalue weighted by Crippen LogP contribution is 2.25. The van der Waals surface area contributed by atoms with Crippen molar-refractivity contribution in [1.82, 2.24) is 10.6 Å². The van der Waals surface area contributed by atoms with Crippen LogP contribution in [-0.4, -0.2) is 41.6 Å². The zero-order chi connectivity index (χ0) is 24.5. The Hall–Kier alpha value is -4.38. The molecule has 0 saturated heterocycles. The van der Waals surface area contributed by atoms with Gasteiger partial charge in [-0.1, -0.05) is 36.4 Å². The molecule has 1 atom stereocenters. The first-order chi connectivity index (χ1) is 16.3. The monoisotopic (exact) mass is 481 g/mol. The number of ether oxygens (including phenoxy) is 1. The summed E-state index contributed by atoms with van der Waals surface area (Å²) in [4.78, 5) is 60.0. The van der Waals surface area contributed by atoms with Crippen LogP contribution in [0.1, 0.15) is 31.7 Å². The normalized spacial score (nSPS) is 11.2. The van der Waals surface area contributed by atoms with Crippen LogP contribution in [0.15, 0.2) is 72.1 Å². The molecule has 11 heteroatoms. The number of ketones is 1. The predicted octanol–water partition coefficient (Wildman–Crippen LogP) is 2.67. The molecule has 174 valence electrons. The van der Waals surface area contributed by atoms with Gasteiger partial charge in [0.1, 0.15) is 6.54 Å². The Balaban J connectivity index is 1.62. The number of carbonyl (C=O) groups is 4. The Morgan fingerprint density at radius 1 is 0.912 bits per heavy atom. The van der Waals surface area contributed by atoms with E-state index in [2.05, 4.69) is 10.6 Å². The fraction of sp³-hybridized carbons (Fsp3) is 0.130. The third kappa shape index (κ3) is 6.56. The Morgan fingerprint density at radius 3 is 2.24 bits per heavy atom. The van der Waals surface area contributed by atoms with E-state index in [1.807, 2.05) is 0 Å². The number of nitrogens with one attached hydrogen (secondary N) is 2. The summed E-state index contributed by atoms with van der Waals surface area (Å²) in [7, 11) is 0. The van der Waals surface area contributed by atoms with Gasteiger partial charge in [0.05, 0.1) is 16.3 Å². The van der Waals surface area contributed by atoms with Crippen LogP contribution < -0.4 is 10.6 Å². The largest absolute Gasteiger partial charge is 0.448 e. The lowest BCUT2D eigenvalue weighted by Gasteiger charge is -2.17. The van der Waals surface area contributed by atoms with Crippen LogP contribution in [-0.2, 0) is 14.3 Å². The lowest BCUT2D eigenvalue weighted by atomic mass is 9.99. The topological polar surface area (TPSA) is 145 Å². The number of rotatable bonds is 10. The molecule has 0 aliphatic heterocycles. The lowest BCUT2D eigenvalue weighted by Crippen LogP contribution is -2.39. The highest BCUT2D eigenvalue weighted by atomic mass is 32.1. The molecule has 0 saturated carbocycles. The Morgan fingerprint density at radius 2 is 1.62 bits per heavy atom. The van der Waals surface area contributed by atoms with Gasteiger partial charge in [0.15, 0.2) is 6.10 Å². The minimum Gasteiger partial charge on any atom is -0.448 e. The second-order valence-electron chi connectivity index (χ2n) is 6.89. The molecule has 0 fully saturated rings. The number of hydrogen-bond donors (Lipinski definition) is 2. The average molecular weight is 481 g/mol. The molecule has 3 aromatic rings. The highest BCUT2D eigenvalue weighted by Gasteiger charge is 2.27. The first-order valence-electron chi connectivity index (χ1n) is 9.96. The predicted molar refractivity (Wildman–Crippen MR) is 122 cm³/mol. The van der Waals surface area contributed by atoms with Crippen LogP contribution in [0.2, 0.25) is 0 Å². The number of nitrogens with zero attached hydrogens (tertiary/aromatic N) is 1. The zero-order valence-electron chi connectivity index (χ0n) is 17.6. The summed E-state index contributed by atoms with van der Waals surface area (Å²) in [5.41, 5.74) is 0.333. The Labute approximate surface area is 197 Å². The van der Waals surface area contributed by atoms with Gasteiger partial charge in [0, 0.05) is 23.3 Å². The van der Waals surface area contributed by atoms with Crippen molar-refractivity contribution in [3.8, 4) is 0 Å². The number of hydrogen-bond acceptors (Lipinski definition) is 8. The number of amides is 2. The van der Waals surface area contributed by atoms with Gasteiger partial charge in [-0.3, -0.25) is 29.3 Å². The van der Waals surface area contributed by atoms with Crippen molar-refractivity contribution in [2.75, 3.05) is 13.1 Å². The van der Waals surface area contributed by atoms with Gasteiger partial charge in [-0.15, -0.1) is 11.3 Å². The molecule has 0 spiro atoms. The number of nitro benzene ring substituents is 1. The Bertz CT molecular complexity index is 1180. The van der Waals surface area contributed by atoms with Gasteiger partial charge in [0.2, 0.25) is 11.7 Å². The van der Waals surface area contributed by atoms with Crippen molar-refractivity contribution in [1.29, 1.82) is 0 Å². The number of Topliss-reactive ketones (excluding diaryl/α,β-unsaturated/α-hetero) is 1. The van der Waals surface area contributed by atoms with Crippen LogP contribution in [0.3, 0.4) is 0 Å². The van der Waals surface area contributed by atoms with Gasteiger partial charge < -0.3 is 15.4 Å². The third-order valence-corrected chi connectivity index (χ3v) is 5.41. The standard InChI is InChI=1S/C23H19N3O7S/c27-19(13-25-23(30)18-7-4-12-34-18)24-14-20(28)33-22(21(29)15-5-2-1-3-6-15)16-8-10-17(11-9-16)26(31)32/h1-12,22H,13-14H2,(H,24,27)(H,25,30). The van der Waals surface area contributed by atoms with E-state index in [4.69, 9.17) is 4.74 Å². The summed E-state index contributed by atoms with van der Waals surface area (Å²) < 4.78 is 5.33. The van der Waals surface area contributed by atoms with E-state index in [9.17, 15) is 29.3 Å². The molecule has 1 unspecified atom stereocenters. The smallest absolute Gasteiger partial charge is 0.326 e. The van der Waals surface area contributed by atoms with Gasteiger partial charge in [-0.05, 0) is 23.6 Å². The van der Waals surface area contributed by atoms with Crippen LogP contribution >= 0.6 is 11.3 Å². The minimum atomic E-state index is -1.37. The van der Waals surface area contributed by atoms with E-state index < -0.39 is 41.1 Å². The van der Waals surface area contributed by atoms with Gasteiger partial charge in [-0.25, -0.2) is 0 Å². The number of carbonyl (C=O) groups excluding carboxylic acids is 4. The maximum absolute atomic E-state index is 13.0. The van der Waals surface area contributed by atoms with E-state index in [-0.39, 0.29) is 23.4 Å². The maximum atomic E-state index is 13.0.